The first-order valence-electron chi connectivity index (χ1n) is 7.97. The van der Waals surface area contributed by atoms with E-state index < -0.39 is 17.6 Å². The summed E-state index contributed by atoms with van der Waals surface area (Å²) in [5.74, 6) is -0.854. The Bertz CT molecular complexity index is 871. The predicted octanol–water partition coefficient (Wildman–Crippen LogP) is 3.42. The van der Waals surface area contributed by atoms with Crippen molar-refractivity contribution in [1.82, 2.24) is 5.32 Å². The number of ketones is 2. The Hall–Kier alpha value is -2.78. The van der Waals surface area contributed by atoms with E-state index in [1.165, 1.54) is 0 Å². The molecule has 0 heterocycles. The van der Waals surface area contributed by atoms with Gasteiger partial charge in [0.1, 0.15) is 0 Å². The van der Waals surface area contributed by atoms with Crippen molar-refractivity contribution < 1.29 is 9.59 Å². The number of likely N-dealkylation sites (N-methyl/N-ethyl adjacent to an activating group) is 1. The van der Waals surface area contributed by atoms with E-state index in [9.17, 15) is 9.59 Å². The second kappa shape index (κ2) is 7.20. The van der Waals surface area contributed by atoms with Crippen molar-refractivity contribution in [3.8, 4) is 0 Å². The van der Waals surface area contributed by atoms with Crippen molar-refractivity contribution in [2.75, 3.05) is 7.05 Å². The standard InChI is InChI=1S/C21H19NO2/c1-22-19(13-15-7-3-2-4-8-15)21(24)20(23)18-12-11-16-9-5-6-10-17(16)14-18/h2-12,14,19,22H,13H2,1H3/t19-/m0/s1. The van der Waals surface area contributed by atoms with Crippen LogP contribution < -0.4 is 5.32 Å². The molecule has 0 unspecified atom stereocenters. The molecular weight excluding hydrogens is 298 g/mol. The Labute approximate surface area is 141 Å². The number of hydrogen-bond acceptors (Lipinski definition) is 3. The number of fused-ring (bicyclic) bond motifs is 1. The first-order valence-corrected chi connectivity index (χ1v) is 7.97. The molecule has 0 aliphatic carbocycles. The van der Waals surface area contributed by atoms with E-state index in [2.05, 4.69) is 5.32 Å². The Kier molecular flexibility index (Phi) is 4.82. The third-order valence-electron chi connectivity index (χ3n) is 4.18. The van der Waals surface area contributed by atoms with Gasteiger partial charge in [-0.25, -0.2) is 0 Å². The highest BCUT2D eigenvalue weighted by atomic mass is 16.2. The highest BCUT2D eigenvalue weighted by Crippen LogP contribution is 2.17. The lowest BCUT2D eigenvalue weighted by Crippen LogP contribution is -2.40. The zero-order valence-electron chi connectivity index (χ0n) is 13.5. The summed E-state index contributed by atoms with van der Waals surface area (Å²) in [4.78, 5) is 25.2. The molecule has 3 rings (SSSR count). The molecule has 0 aliphatic heterocycles. The number of carbonyl (C=O) groups excluding carboxylic acids is 2. The molecule has 1 atom stereocenters. The monoisotopic (exact) mass is 317 g/mol. The van der Waals surface area contributed by atoms with Crippen LogP contribution >= 0.6 is 0 Å². The van der Waals surface area contributed by atoms with Crippen molar-refractivity contribution >= 4 is 22.3 Å². The van der Waals surface area contributed by atoms with Gasteiger partial charge in [-0.1, -0.05) is 66.7 Å². The van der Waals surface area contributed by atoms with E-state index in [1.807, 2.05) is 60.7 Å². The van der Waals surface area contributed by atoms with E-state index in [0.29, 0.717) is 12.0 Å². The molecule has 0 radical (unpaired) electrons. The molecule has 0 saturated carbocycles. The van der Waals surface area contributed by atoms with Crippen molar-refractivity contribution in [1.29, 1.82) is 0 Å². The lowest BCUT2D eigenvalue weighted by Gasteiger charge is -2.14. The van der Waals surface area contributed by atoms with E-state index in [0.717, 1.165) is 16.3 Å². The van der Waals surface area contributed by atoms with Gasteiger partial charge in [0.25, 0.3) is 0 Å². The van der Waals surface area contributed by atoms with Gasteiger partial charge >= 0.3 is 0 Å². The third kappa shape index (κ3) is 3.42. The fourth-order valence-corrected chi connectivity index (χ4v) is 2.81. The molecule has 0 saturated heterocycles. The molecule has 3 nitrogen and oxygen atoms in total. The van der Waals surface area contributed by atoms with Crippen LogP contribution in [0.25, 0.3) is 10.8 Å². The fraction of sp³-hybridized carbons (Fsp3) is 0.143. The van der Waals surface area contributed by atoms with Gasteiger partial charge < -0.3 is 5.32 Å². The molecule has 3 heteroatoms. The van der Waals surface area contributed by atoms with Gasteiger partial charge in [0.15, 0.2) is 0 Å². The first-order chi connectivity index (χ1) is 11.7. The molecule has 0 aliphatic rings. The fourth-order valence-electron chi connectivity index (χ4n) is 2.81. The van der Waals surface area contributed by atoms with Crippen molar-refractivity contribution in [3.63, 3.8) is 0 Å². The summed E-state index contributed by atoms with van der Waals surface area (Å²) in [5, 5.41) is 4.98. The van der Waals surface area contributed by atoms with Crippen LogP contribution in [0.2, 0.25) is 0 Å². The average Bonchev–Trinajstić information content (AvgIpc) is 2.65. The number of nitrogens with one attached hydrogen (secondary N) is 1. The summed E-state index contributed by atoms with van der Waals surface area (Å²) in [6.07, 6.45) is 0.496. The maximum absolute atomic E-state index is 12.6. The molecular formula is C21H19NO2. The molecule has 3 aromatic rings. The molecule has 0 aromatic heterocycles. The summed E-state index contributed by atoms with van der Waals surface area (Å²) in [5.41, 5.74) is 1.46. The number of rotatable bonds is 6. The highest BCUT2D eigenvalue weighted by Gasteiger charge is 2.25. The summed E-state index contributed by atoms with van der Waals surface area (Å²) in [6, 6.07) is 22.4. The van der Waals surface area contributed by atoms with Crippen LogP contribution in [0.15, 0.2) is 72.8 Å². The summed E-state index contributed by atoms with van der Waals surface area (Å²) >= 11 is 0. The maximum Gasteiger partial charge on any atom is 0.230 e. The molecule has 3 aromatic carbocycles. The molecule has 0 amide bonds. The number of benzene rings is 3. The van der Waals surface area contributed by atoms with Gasteiger partial charge in [0.05, 0.1) is 6.04 Å². The Morgan fingerprint density at radius 1 is 0.875 bits per heavy atom. The highest BCUT2D eigenvalue weighted by molar-refractivity contribution is 6.45. The van der Waals surface area contributed by atoms with Gasteiger partial charge in [-0.15, -0.1) is 0 Å². The summed E-state index contributed by atoms with van der Waals surface area (Å²) < 4.78 is 0. The number of Topliss-reactive ketones (excluding diaryl/α,β-unsaturated/α-hetero) is 2. The lowest BCUT2D eigenvalue weighted by atomic mass is 9.95. The van der Waals surface area contributed by atoms with E-state index in [1.54, 1.807) is 19.2 Å². The average molecular weight is 317 g/mol. The Balaban J connectivity index is 1.82. The van der Waals surface area contributed by atoms with Crippen LogP contribution in [-0.2, 0) is 11.2 Å². The minimum atomic E-state index is -0.522. The lowest BCUT2D eigenvalue weighted by molar-refractivity contribution is -0.116. The quantitative estimate of drug-likeness (QED) is 0.560. The zero-order valence-corrected chi connectivity index (χ0v) is 13.5. The van der Waals surface area contributed by atoms with E-state index in [-0.39, 0.29) is 0 Å². The summed E-state index contributed by atoms with van der Waals surface area (Å²) in [7, 11) is 1.71. The van der Waals surface area contributed by atoms with Gasteiger partial charge in [-0.2, -0.15) is 0 Å². The molecule has 0 fully saturated rings. The summed E-state index contributed by atoms with van der Waals surface area (Å²) in [6.45, 7) is 0. The Morgan fingerprint density at radius 2 is 1.54 bits per heavy atom. The van der Waals surface area contributed by atoms with Gasteiger partial charge in [0, 0.05) is 5.56 Å². The number of hydrogen-bond donors (Lipinski definition) is 1. The normalized spacial score (nSPS) is 12.0. The second-order valence-corrected chi connectivity index (χ2v) is 5.79. The van der Waals surface area contributed by atoms with Gasteiger partial charge in [-0.3, -0.25) is 9.59 Å². The number of carbonyl (C=O) groups is 2. The van der Waals surface area contributed by atoms with Crippen LogP contribution in [0.1, 0.15) is 15.9 Å². The van der Waals surface area contributed by atoms with Crippen molar-refractivity contribution in [2.45, 2.75) is 12.5 Å². The van der Waals surface area contributed by atoms with E-state index in [4.69, 9.17) is 0 Å². The topological polar surface area (TPSA) is 46.2 Å². The van der Waals surface area contributed by atoms with Crippen LogP contribution in [0.4, 0.5) is 0 Å². The Morgan fingerprint density at radius 3 is 2.25 bits per heavy atom. The van der Waals surface area contributed by atoms with Crippen LogP contribution in [0.5, 0.6) is 0 Å². The minimum Gasteiger partial charge on any atom is -0.310 e. The maximum atomic E-state index is 12.6. The van der Waals surface area contributed by atoms with Gasteiger partial charge in [-0.05, 0) is 35.9 Å². The van der Waals surface area contributed by atoms with Gasteiger partial charge in [0.2, 0.25) is 11.6 Å². The van der Waals surface area contributed by atoms with E-state index >= 15 is 0 Å². The second-order valence-electron chi connectivity index (χ2n) is 5.79. The van der Waals surface area contributed by atoms with Crippen molar-refractivity contribution in [3.05, 3.63) is 83.9 Å². The zero-order chi connectivity index (χ0) is 16.9. The van der Waals surface area contributed by atoms with Crippen LogP contribution in [0, 0.1) is 0 Å². The van der Waals surface area contributed by atoms with Crippen LogP contribution in [0.3, 0.4) is 0 Å². The SMILES string of the molecule is CN[C@@H](Cc1ccccc1)C(=O)C(=O)c1ccc2ccccc2c1. The molecule has 0 bridgehead atoms. The molecule has 1 N–H and O–H groups in total. The largest absolute Gasteiger partial charge is 0.310 e. The molecule has 0 spiro atoms. The van der Waals surface area contributed by atoms with Crippen molar-refractivity contribution in [2.24, 2.45) is 0 Å². The smallest absolute Gasteiger partial charge is 0.230 e. The molecule has 120 valence electrons. The molecule has 24 heavy (non-hydrogen) atoms. The third-order valence-corrected chi connectivity index (χ3v) is 4.18. The first kappa shape index (κ1) is 16.1. The van der Waals surface area contributed by atoms with Crippen LogP contribution in [-0.4, -0.2) is 24.7 Å². The predicted molar refractivity (Wildman–Crippen MR) is 96.3 cm³/mol. The minimum absolute atomic E-state index is 0.406.